The summed E-state index contributed by atoms with van der Waals surface area (Å²) in [5.41, 5.74) is 1.33. The predicted molar refractivity (Wildman–Crippen MR) is 91.4 cm³/mol. The molecule has 2 aromatic rings. The van der Waals surface area contributed by atoms with Gasteiger partial charge in [0.2, 0.25) is 5.91 Å². The summed E-state index contributed by atoms with van der Waals surface area (Å²) in [5, 5.41) is 2.64. The normalized spacial score (nSPS) is 11.5. The first-order valence-corrected chi connectivity index (χ1v) is 9.08. The van der Waals surface area contributed by atoms with Crippen LogP contribution >= 0.6 is 15.9 Å². The smallest absolute Gasteiger partial charge is 0.248 e. The van der Waals surface area contributed by atoms with E-state index in [-0.39, 0.29) is 10.8 Å². The van der Waals surface area contributed by atoms with Gasteiger partial charge in [0.1, 0.15) is 0 Å². The van der Waals surface area contributed by atoms with E-state index in [0.717, 1.165) is 16.3 Å². The fraction of sp³-hybridized carbons (Fsp3) is 0.0625. The zero-order valence-electron chi connectivity index (χ0n) is 11.8. The van der Waals surface area contributed by atoms with Gasteiger partial charge in [-0.25, -0.2) is 8.42 Å². The molecule has 6 heteroatoms. The molecule has 1 N–H and O–H groups in total. The van der Waals surface area contributed by atoms with Gasteiger partial charge in [-0.3, -0.25) is 4.79 Å². The second kappa shape index (κ2) is 6.89. The highest BCUT2D eigenvalue weighted by molar-refractivity contribution is 9.10. The first-order valence-electron chi connectivity index (χ1n) is 6.39. The molecule has 22 heavy (non-hydrogen) atoms. The third-order valence-electron chi connectivity index (χ3n) is 2.83. The minimum atomic E-state index is -3.29. The van der Waals surface area contributed by atoms with Crippen molar-refractivity contribution in [1.82, 2.24) is 0 Å². The predicted octanol–water partition coefficient (Wildman–Crippen LogP) is 3.50. The molecule has 0 saturated carbocycles. The molecule has 0 atom stereocenters. The number of hydrogen-bond donors (Lipinski definition) is 1. The maximum absolute atomic E-state index is 11.9. The molecule has 0 aromatic heterocycles. The van der Waals surface area contributed by atoms with Crippen molar-refractivity contribution in [1.29, 1.82) is 0 Å². The summed E-state index contributed by atoms with van der Waals surface area (Å²) >= 11 is 3.34. The number of nitrogens with one attached hydrogen (secondary N) is 1. The fourth-order valence-electron chi connectivity index (χ4n) is 1.73. The van der Waals surface area contributed by atoms with Gasteiger partial charge >= 0.3 is 0 Å². The second-order valence-electron chi connectivity index (χ2n) is 4.67. The van der Waals surface area contributed by atoms with Crippen LogP contribution in [-0.4, -0.2) is 20.6 Å². The quantitative estimate of drug-likeness (QED) is 0.826. The number of rotatable bonds is 4. The van der Waals surface area contributed by atoms with E-state index in [2.05, 4.69) is 21.2 Å². The van der Waals surface area contributed by atoms with Crippen LogP contribution in [0.15, 0.2) is 64.0 Å². The van der Waals surface area contributed by atoms with Gasteiger partial charge in [0, 0.05) is 22.5 Å². The van der Waals surface area contributed by atoms with Crippen LogP contribution in [0.25, 0.3) is 6.08 Å². The minimum Gasteiger partial charge on any atom is -0.322 e. The Hall–Kier alpha value is -1.92. The van der Waals surface area contributed by atoms with Crippen molar-refractivity contribution >= 4 is 43.4 Å². The Balaban J connectivity index is 2.07. The van der Waals surface area contributed by atoms with Crippen molar-refractivity contribution in [2.24, 2.45) is 0 Å². The number of carbonyl (C=O) groups is 1. The van der Waals surface area contributed by atoms with Crippen LogP contribution < -0.4 is 5.32 Å². The molecule has 0 saturated heterocycles. The Morgan fingerprint density at radius 3 is 2.45 bits per heavy atom. The molecule has 0 aliphatic carbocycles. The SMILES string of the molecule is CS(=O)(=O)c1cccc(NC(=O)/C=C/c2ccc(Br)cc2)c1. The van der Waals surface area contributed by atoms with Gasteiger partial charge in [0.15, 0.2) is 9.84 Å². The Bertz CT molecular complexity index is 812. The number of carbonyl (C=O) groups excluding carboxylic acids is 1. The number of hydrogen-bond acceptors (Lipinski definition) is 3. The minimum absolute atomic E-state index is 0.169. The van der Waals surface area contributed by atoms with Crippen molar-refractivity contribution in [3.63, 3.8) is 0 Å². The van der Waals surface area contributed by atoms with Crippen LogP contribution in [0.4, 0.5) is 5.69 Å². The Morgan fingerprint density at radius 2 is 1.82 bits per heavy atom. The van der Waals surface area contributed by atoms with Crippen molar-refractivity contribution < 1.29 is 13.2 Å². The highest BCUT2D eigenvalue weighted by Gasteiger charge is 2.07. The van der Waals surface area contributed by atoms with Crippen LogP contribution in [0.5, 0.6) is 0 Å². The number of halogens is 1. The molecular formula is C16H14BrNO3S. The summed E-state index contributed by atoms with van der Waals surface area (Å²) in [4.78, 5) is 12.0. The van der Waals surface area contributed by atoms with Crippen molar-refractivity contribution in [3.05, 3.63) is 64.6 Å². The lowest BCUT2D eigenvalue weighted by Gasteiger charge is -2.04. The first-order chi connectivity index (χ1) is 10.3. The zero-order valence-corrected chi connectivity index (χ0v) is 14.2. The van der Waals surface area contributed by atoms with E-state index in [1.54, 1.807) is 18.2 Å². The molecule has 0 fully saturated rings. The second-order valence-corrected chi connectivity index (χ2v) is 7.61. The molecule has 2 rings (SSSR count). The maximum atomic E-state index is 11.9. The third kappa shape index (κ3) is 4.82. The average Bonchev–Trinajstić information content (AvgIpc) is 2.46. The number of anilines is 1. The zero-order chi connectivity index (χ0) is 16.2. The molecule has 0 aliphatic heterocycles. The summed E-state index contributed by atoms with van der Waals surface area (Å²) in [5.74, 6) is -0.325. The monoisotopic (exact) mass is 379 g/mol. The first kappa shape index (κ1) is 16.5. The summed E-state index contributed by atoms with van der Waals surface area (Å²) in [6, 6.07) is 13.7. The van der Waals surface area contributed by atoms with Gasteiger partial charge in [-0.2, -0.15) is 0 Å². The maximum Gasteiger partial charge on any atom is 0.248 e. The van der Waals surface area contributed by atoms with E-state index < -0.39 is 9.84 Å². The lowest BCUT2D eigenvalue weighted by Crippen LogP contribution is -2.08. The molecule has 0 unspecified atom stereocenters. The summed E-state index contributed by atoms with van der Waals surface area (Å²) in [7, 11) is -3.29. The van der Waals surface area contributed by atoms with E-state index in [1.165, 1.54) is 18.2 Å². The van der Waals surface area contributed by atoms with Crippen LogP contribution in [-0.2, 0) is 14.6 Å². The van der Waals surface area contributed by atoms with Gasteiger partial charge in [-0.1, -0.05) is 34.1 Å². The van der Waals surface area contributed by atoms with E-state index in [4.69, 9.17) is 0 Å². The largest absolute Gasteiger partial charge is 0.322 e. The summed E-state index contributed by atoms with van der Waals surface area (Å²) in [6.07, 6.45) is 4.21. The Labute approximate surface area is 137 Å². The van der Waals surface area contributed by atoms with Crippen LogP contribution in [0.1, 0.15) is 5.56 Å². The van der Waals surface area contributed by atoms with E-state index in [0.29, 0.717) is 5.69 Å². The number of benzene rings is 2. The molecule has 0 aliphatic rings. The molecule has 4 nitrogen and oxygen atoms in total. The molecule has 114 valence electrons. The fourth-order valence-corrected chi connectivity index (χ4v) is 2.67. The van der Waals surface area contributed by atoms with Crippen molar-refractivity contribution in [3.8, 4) is 0 Å². The number of sulfone groups is 1. The van der Waals surface area contributed by atoms with Gasteiger partial charge in [-0.05, 0) is 42.0 Å². The Morgan fingerprint density at radius 1 is 1.14 bits per heavy atom. The highest BCUT2D eigenvalue weighted by Crippen LogP contribution is 2.15. The van der Waals surface area contributed by atoms with Gasteiger partial charge < -0.3 is 5.32 Å². The van der Waals surface area contributed by atoms with E-state index >= 15 is 0 Å². The van der Waals surface area contributed by atoms with Gasteiger partial charge in [0.25, 0.3) is 0 Å². The lowest BCUT2D eigenvalue weighted by molar-refractivity contribution is -0.111. The van der Waals surface area contributed by atoms with Crippen molar-refractivity contribution in [2.45, 2.75) is 4.90 Å². The van der Waals surface area contributed by atoms with Crippen LogP contribution in [0.3, 0.4) is 0 Å². The topological polar surface area (TPSA) is 63.2 Å². The van der Waals surface area contributed by atoms with Crippen LogP contribution in [0.2, 0.25) is 0 Å². The van der Waals surface area contributed by atoms with E-state index in [1.807, 2.05) is 24.3 Å². The molecule has 0 bridgehead atoms. The Kier molecular flexibility index (Phi) is 5.15. The lowest BCUT2D eigenvalue weighted by atomic mass is 10.2. The molecule has 2 aromatic carbocycles. The summed E-state index contributed by atoms with van der Waals surface area (Å²) < 4.78 is 23.9. The summed E-state index contributed by atoms with van der Waals surface area (Å²) in [6.45, 7) is 0. The van der Waals surface area contributed by atoms with Gasteiger partial charge in [0.05, 0.1) is 4.90 Å². The third-order valence-corrected chi connectivity index (χ3v) is 4.47. The highest BCUT2D eigenvalue weighted by atomic mass is 79.9. The van der Waals surface area contributed by atoms with Crippen LogP contribution in [0, 0.1) is 0 Å². The molecular weight excluding hydrogens is 366 g/mol. The van der Waals surface area contributed by atoms with E-state index in [9.17, 15) is 13.2 Å². The molecule has 0 heterocycles. The molecule has 1 amide bonds. The number of amides is 1. The average molecular weight is 380 g/mol. The molecule has 0 radical (unpaired) electrons. The van der Waals surface area contributed by atoms with Gasteiger partial charge in [-0.15, -0.1) is 0 Å². The standard InChI is InChI=1S/C16H14BrNO3S/c1-22(20,21)15-4-2-3-14(11-15)18-16(19)10-7-12-5-8-13(17)9-6-12/h2-11H,1H3,(H,18,19)/b10-7+. The van der Waals surface area contributed by atoms with Crippen molar-refractivity contribution in [2.75, 3.05) is 11.6 Å². The molecule has 0 spiro atoms.